The first-order chi connectivity index (χ1) is 12.7. The van der Waals surface area contributed by atoms with Crippen molar-refractivity contribution in [3.8, 4) is 5.75 Å². The zero-order valence-corrected chi connectivity index (χ0v) is 17.5. The molecule has 0 saturated heterocycles. The fourth-order valence-corrected chi connectivity index (χ4v) is 4.22. The van der Waals surface area contributed by atoms with Crippen LogP contribution in [0.4, 0.5) is 4.79 Å². The van der Waals surface area contributed by atoms with Crippen molar-refractivity contribution >= 4 is 14.1 Å². The molecule has 0 spiro atoms. The third-order valence-corrected chi connectivity index (χ3v) is 6.34. The molecule has 2 rings (SSSR count). The van der Waals surface area contributed by atoms with Crippen molar-refractivity contribution in [2.24, 2.45) is 0 Å². The summed E-state index contributed by atoms with van der Waals surface area (Å²) in [5, 5.41) is 2.17. The number of amides is 1. The predicted molar refractivity (Wildman–Crippen MR) is 107 cm³/mol. The maximum absolute atomic E-state index is 11.9. The SMILES string of the molecule is CC(C)(C)OC(=O)NCCc1ccc(OCC2([PH](=O)O)CCCCC2)cc1. The van der Waals surface area contributed by atoms with E-state index in [2.05, 4.69) is 5.32 Å². The van der Waals surface area contributed by atoms with E-state index in [0.29, 0.717) is 25.3 Å². The molecule has 1 fully saturated rings. The van der Waals surface area contributed by atoms with Gasteiger partial charge >= 0.3 is 6.09 Å². The van der Waals surface area contributed by atoms with E-state index in [4.69, 9.17) is 9.47 Å². The van der Waals surface area contributed by atoms with Crippen LogP contribution in [-0.2, 0) is 15.7 Å². The van der Waals surface area contributed by atoms with Crippen molar-refractivity contribution in [2.45, 2.75) is 70.1 Å². The number of ether oxygens (including phenoxy) is 2. The summed E-state index contributed by atoms with van der Waals surface area (Å²) in [4.78, 5) is 21.4. The highest BCUT2D eigenvalue weighted by atomic mass is 31.1. The molecule has 0 aliphatic heterocycles. The molecule has 6 nitrogen and oxygen atoms in total. The molecule has 1 aliphatic carbocycles. The van der Waals surface area contributed by atoms with Crippen LogP contribution in [0.1, 0.15) is 58.4 Å². The van der Waals surface area contributed by atoms with Crippen LogP contribution in [0.15, 0.2) is 24.3 Å². The zero-order chi connectivity index (χ0) is 19.9. The Morgan fingerprint density at radius 3 is 2.37 bits per heavy atom. The van der Waals surface area contributed by atoms with Gasteiger partial charge in [-0.05, 0) is 57.7 Å². The second-order valence-corrected chi connectivity index (χ2v) is 9.93. The van der Waals surface area contributed by atoms with E-state index in [1.165, 1.54) is 0 Å². The van der Waals surface area contributed by atoms with E-state index in [9.17, 15) is 14.3 Å². The molecule has 2 N–H and O–H groups in total. The van der Waals surface area contributed by atoms with Gasteiger partial charge in [-0.1, -0.05) is 31.4 Å². The third kappa shape index (κ3) is 7.19. The van der Waals surface area contributed by atoms with Crippen LogP contribution in [0.5, 0.6) is 5.75 Å². The Morgan fingerprint density at radius 1 is 1.19 bits per heavy atom. The lowest BCUT2D eigenvalue weighted by molar-refractivity contribution is 0.0528. The van der Waals surface area contributed by atoms with Crippen LogP contribution in [0, 0.1) is 0 Å². The van der Waals surface area contributed by atoms with E-state index in [1.54, 1.807) is 0 Å². The first-order valence-corrected chi connectivity index (χ1v) is 11.0. The number of carbonyl (C=O) groups excluding carboxylic acids is 1. The molecule has 1 amide bonds. The van der Waals surface area contributed by atoms with Crippen molar-refractivity contribution in [1.82, 2.24) is 5.32 Å². The van der Waals surface area contributed by atoms with Crippen molar-refractivity contribution in [2.75, 3.05) is 13.2 Å². The molecule has 1 unspecified atom stereocenters. The van der Waals surface area contributed by atoms with Gasteiger partial charge in [0, 0.05) is 6.54 Å². The molecule has 0 radical (unpaired) electrons. The predicted octanol–water partition coefficient (Wildman–Crippen LogP) is 4.30. The summed E-state index contributed by atoms with van der Waals surface area (Å²) in [6.45, 7) is 6.27. The number of hydrogen-bond acceptors (Lipinski definition) is 4. The molecule has 0 aromatic heterocycles. The number of benzene rings is 1. The minimum absolute atomic E-state index is 0.293. The smallest absolute Gasteiger partial charge is 0.407 e. The Labute approximate surface area is 162 Å². The first kappa shape index (κ1) is 21.8. The van der Waals surface area contributed by atoms with Crippen molar-refractivity contribution in [3.63, 3.8) is 0 Å². The third-order valence-electron chi connectivity index (χ3n) is 4.78. The van der Waals surface area contributed by atoms with E-state index in [1.807, 2.05) is 45.0 Å². The van der Waals surface area contributed by atoms with Crippen LogP contribution in [0.3, 0.4) is 0 Å². The summed E-state index contributed by atoms with van der Waals surface area (Å²) < 4.78 is 22.9. The quantitative estimate of drug-likeness (QED) is 0.670. The number of rotatable bonds is 7. The molecular weight excluding hydrogens is 365 g/mol. The Balaban J connectivity index is 1.79. The number of nitrogens with one attached hydrogen (secondary N) is 1. The van der Waals surface area contributed by atoms with Gasteiger partial charge in [0.05, 0.1) is 5.16 Å². The summed E-state index contributed by atoms with van der Waals surface area (Å²) in [6.07, 6.45) is 4.90. The van der Waals surface area contributed by atoms with Crippen LogP contribution in [-0.4, -0.2) is 34.9 Å². The van der Waals surface area contributed by atoms with Crippen molar-refractivity contribution in [3.05, 3.63) is 29.8 Å². The summed E-state index contributed by atoms with van der Waals surface area (Å²) >= 11 is 0. The molecule has 1 saturated carbocycles. The molecule has 0 bridgehead atoms. The maximum atomic E-state index is 11.9. The highest BCUT2D eigenvalue weighted by molar-refractivity contribution is 7.40. The number of alkyl carbamates (subject to hydrolysis) is 1. The van der Waals surface area contributed by atoms with Crippen LogP contribution in [0.25, 0.3) is 0 Å². The van der Waals surface area contributed by atoms with Gasteiger partial charge in [0.1, 0.15) is 18.0 Å². The fourth-order valence-electron chi connectivity index (χ4n) is 3.25. The fraction of sp³-hybridized carbons (Fsp3) is 0.650. The topological polar surface area (TPSA) is 84.9 Å². The number of hydrogen-bond donors (Lipinski definition) is 2. The lowest BCUT2D eigenvalue weighted by atomic mass is 9.89. The normalized spacial score (nSPS) is 17.8. The van der Waals surface area contributed by atoms with Gasteiger partial charge in [0.2, 0.25) is 0 Å². The average molecular weight is 397 g/mol. The van der Waals surface area contributed by atoms with E-state index in [0.717, 1.165) is 37.7 Å². The second kappa shape index (κ2) is 9.61. The van der Waals surface area contributed by atoms with Crippen LogP contribution < -0.4 is 10.1 Å². The molecule has 1 aromatic carbocycles. The van der Waals surface area contributed by atoms with Crippen molar-refractivity contribution in [1.29, 1.82) is 0 Å². The molecule has 1 aromatic rings. The molecule has 0 heterocycles. The molecular formula is C20H32NO5P. The molecule has 7 heteroatoms. The summed E-state index contributed by atoms with van der Waals surface area (Å²) in [5.41, 5.74) is 0.569. The monoisotopic (exact) mass is 397 g/mol. The standard InChI is InChI=1S/C20H32NO5P/c1-19(2,3)26-18(22)21-14-11-16-7-9-17(10-8-16)25-15-20(27(23)24)12-5-4-6-13-20/h7-10,27H,4-6,11-15H2,1-3H3,(H,21,22)(H,23,24). The van der Waals surface area contributed by atoms with E-state index in [-0.39, 0.29) is 0 Å². The lowest BCUT2D eigenvalue weighted by Crippen LogP contribution is -2.34. The Morgan fingerprint density at radius 2 is 1.81 bits per heavy atom. The van der Waals surface area contributed by atoms with Gasteiger partial charge in [0.15, 0.2) is 8.03 Å². The molecule has 1 atom stereocenters. The van der Waals surface area contributed by atoms with Gasteiger partial charge < -0.3 is 19.7 Å². The van der Waals surface area contributed by atoms with Gasteiger partial charge in [-0.15, -0.1) is 0 Å². The molecule has 27 heavy (non-hydrogen) atoms. The minimum atomic E-state index is -2.63. The summed E-state index contributed by atoms with van der Waals surface area (Å²) in [7, 11) is -2.63. The zero-order valence-electron chi connectivity index (χ0n) is 16.5. The van der Waals surface area contributed by atoms with E-state index >= 15 is 0 Å². The Bertz CT molecular complexity index is 633. The van der Waals surface area contributed by atoms with Crippen LogP contribution in [0.2, 0.25) is 0 Å². The van der Waals surface area contributed by atoms with Crippen molar-refractivity contribution < 1.29 is 23.7 Å². The molecule has 1 aliphatic rings. The average Bonchev–Trinajstić information content (AvgIpc) is 2.60. The highest BCUT2D eigenvalue weighted by Crippen LogP contribution is 2.46. The Hall–Kier alpha value is -1.52. The lowest BCUT2D eigenvalue weighted by Gasteiger charge is -2.34. The summed E-state index contributed by atoms with van der Waals surface area (Å²) in [5.74, 6) is 0.701. The van der Waals surface area contributed by atoms with Gasteiger partial charge in [-0.25, -0.2) is 4.79 Å². The summed E-state index contributed by atoms with van der Waals surface area (Å²) in [6, 6.07) is 7.63. The highest BCUT2D eigenvalue weighted by Gasteiger charge is 2.38. The van der Waals surface area contributed by atoms with Gasteiger partial charge in [0.25, 0.3) is 0 Å². The maximum Gasteiger partial charge on any atom is 0.407 e. The van der Waals surface area contributed by atoms with Crippen LogP contribution >= 0.6 is 8.03 Å². The molecule has 152 valence electrons. The van der Waals surface area contributed by atoms with Gasteiger partial charge in [-0.3, -0.25) is 4.57 Å². The largest absolute Gasteiger partial charge is 0.492 e. The van der Waals surface area contributed by atoms with Gasteiger partial charge in [-0.2, -0.15) is 0 Å². The second-order valence-electron chi connectivity index (χ2n) is 8.26. The van der Waals surface area contributed by atoms with E-state index < -0.39 is 24.9 Å². The minimum Gasteiger partial charge on any atom is -0.492 e. The number of carbonyl (C=O) groups is 1. The Kier molecular flexibility index (Phi) is 7.75. The first-order valence-electron chi connectivity index (χ1n) is 9.62.